The SMILES string of the molecule is CC(C)(C)N1CCCC(Oc2nc3cc(F)ccc3o2)C1. The third-order valence-corrected chi connectivity index (χ3v) is 3.92. The molecule has 1 unspecified atom stereocenters. The Morgan fingerprint density at radius 3 is 2.95 bits per heavy atom. The highest BCUT2D eigenvalue weighted by Gasteiger charge is 2.29. The second-order valence-corrected chi connectivity index (χ2v) is 6.59. The Labute approximate surface area is 123 Å². The fourth-order valence-corrected chi connectivity index (χ4v) is 2.72. The summed E-state index contributed by atoms with van der Waals surface area (Å²) in [5.41, 5.74) is 1.18. The highest BCUT2D eigenvalue weighted by molar-refractivity contribution is 5.72. The van der Waals surface area contributed by atoms with Crippen molar-refractivity contribution in [2.45, 2.75) is 45.3 Å². The maximum absolute atomic E-state index is 13.2. The van der Waals surface area contributed by atoms with Gasteiger partial charge in [-0.25, -0.2) is 4.39 Å². The Balaban J connectivity index is 1.72. The molecule has 5 heteroatoms. The van der Waals surface area contributed by atoms with E-state index in [4.69, 9.17) is 9.15 Å². The van der Waals surface area contributed by atoms with Crippen molar-refractivity contribution in [3.05, 3.63) is 24.0 Å². The van der Waals surface area contributed by atoms with Crippen molar-refractivity contribution >= 4 is 11.1 Å². The van der Waals surface area contributed by atoms with Crippen molar-refractivity contribution in [1.82, 2.24) is 9.88 Å². The van der Waals surface area contributed by atoms with Gasteiger partial charge in [-0.2, -0.15) is 4.98 Å². The molecule has 2 aromatic rings. The molecule has 0 aliphatic carbocycles. The van der Waals surface area contributed by atoms with Gasteiger partial charge in [-0.3, -0.25) is 4.90 Å². The maximum atomic E-state index is 13.2. The van der Waals surface area contributed by atoms with Crippen molar-refractivity contribution in [3.8, 4) is 6.08 Å². The average Bonchev–Trinajstić information content (AvgIpc) is 2.79. The molecule has 21 heavy (non-hydrogen) atoms. The van der Waals surface area contributed by atoms with Gasteiger partial charge in [0, 0.05) is 18.2 Å². The van der Waals surface area contributed by atoms with Crippen LogP contribution in [0, 0.1) is 5.82 Å². The lowest BCUT2D eigenvalue weighted by Gasteiger charge is -2.40. The van der Waals surface area contributed by atoms with Gasteiger partial charge in [0.1, 0.15) is 17.4 Å². The first-order valence-electron chi connectivity index (χ1n) is 7.39. The Kier molecular flexibility index (Phi) is 3.61. The number of oxazole rings is 1. The van der Waals surface area contributed by atoms with Crippen LogP contribution in [-0.2, 0) is 0 Å². The minimum Gasteiger partial charge on any atom is -0.445 e. The first-order valence-corrected chi connectivity index (χ1v) is 7.39. The van der Waals surface area contributed by atoms with Crippen LogP contribution in [0.3, 0.4) is 0 Å². The molecule has 0 saturated carbocycles. The molecule has 1 saturated heterocycles. The Morgan fingerprint density at radius 2 is 2.19 bits per heavy atom. The molecule has 1 atom stereocenters. The van der Waals surface area contributed by atoms with E-state index in [2.05, 4.69) is 30.7 Å². The summed E-state index contributed by atoms with van der Waals surface area (Å²) < 4.78 is 24.5. The van der Waals surface area contributed by atoms with E-state index in [0.29, 0.717) is 11.1 Å². The molecule has 1 fully saturated rings. The van der Waals surface area contributed by atoms with E-state index in [0.717, 1.165) is 25.9 Å². The number of aromatic nitrogens is 1. The summed E-state index contributed by atoms with van der Waals surface area (Å²) in [5.74, 6) is -0.320. The van der Waals surface area contributed by atoms with Crippen LogP contribution < -0.4 is 4.74 Å². The number of hydrogen-bond donors (Lipinski definition) is 0. The Morgan fingerprint density at radius 1 is 1.38 bits per heavy atom. The zero-order valence-corrected chi connectivity index (χ0v) is 12.7. The van der Waals surface area contributed by atoms with Crippen LogP contribution in [0.15, 0.2) is 22.6 Å². The van der Waals surface area contributed by atoms with E-state index in [1.54, 1.807) is 6.07 Å². The Hall–Kier alpha value is -1.62. The van der Waals surface area contributed by atoms with Crippen LogP contribution in [-0.4, -0.2) is 34.6 Å². The number of piperidine rings is 1. The highest BCUT2D eigenvalue weighted by atomic mass is 19.1. The third-order valence-electron chi connectivity index (χ3n) is 3.92. The van der Waals surface area contributed by atoms with Crippen molar-refractivity contribution in [3.63, 3.8) is 0 Å². The van der Waals surface area contributed by atoms with Crippen LogP contribution in [0.1, 0.15) is 33.6 Å². The van der Waals surface area contributed by atoms with E-state index in [1.807, 2.05) is 0 Å². The van der Waals surface area contributed by atoms with Crippen molar-refractivity contribution in [1.29, 1.82) is 0 Å². The predicted octanol–water partition coefficient (Wildman–Crippen LogP) is 3.61. The molecule has 3 rings (SSSR count). The zero-order chi connectivity index (χ0) is 15.0. The molecule has 1 aromatic heterocycles. The van der Waals surface area contributed by atoms with Gasteiger partial charge in [-0.1, -0.05) is 0 Å². The molecular weight excluding hydrogens is 271 g/mol. The van der Waals surface area contributed by atoms with Gasteiger partial charge in [-0.15, -0.1) is 0 Å². The molecule has 0 amide bonds. The lowest BCUT2D eigenvalue weighted by atomic mass is 9.99. The minimum absolute atomic E-state index is 0.0656. The number of hydrogen-bond acceptors (Lipinski definition) is 4. The molecule has 1 aliphatic rings. The second-order valence-electron chi connectivity index (χ2n) is 6.59. The van der Waals surface area contributed by atoms with Crippen molar-refractivity contribution in [2.24, 2.45) is 0 Å². The van der Waals surface area contributed by atoms with Crippen LogP contribution >= 0.6 is 0 Å². The summed E-state index contributed by atoms with van der Waals surface area (Å²) >= 11 is 0. The fourth-order valence-electron chi connectivity index (χ4n) is 2.72. The fraction of sp³-hybridized carbons (Fsp3) is 0.562. The van der Waals surface area contributed by atoms with Gasteiger partial charge in [0.05, 0.1) is 0 Å². The lowest BCUT2D eigenvalue weighted by Crippen LogP contribution is -2.50. The average molecular weight is 292 g/mol. The first-order chi connectivity index (χ1) is 9.91. The smallest absolute Gasteiger partial charge is 0.394 e. The molecule has 0 N–H and O–H groups in total. The zero-order valence-electron chi connectivity index (χ0n) is 12.7. The summed E-state index contributed by atoms with van der Waals surface area (Å²) in [6, 6.07) is 4.29. The lowest BCUT2D eigenvalue weighted by molar-refractivity contribution is 0.0221. The number of ether oxygens (including phenoxy) is 1. The van der Waals surface area contributed by atoms with E-state index in [9.17, 15) is 4.39 Å². The molecule has 0 spiro atoms. The summed E-state index contributed by atoms with van der Waals surface area (Å²) in [6.07, 6.45) is 2.38. The number of likely N-dealkylation sites (tertiary alicyclic amines) is 1. The molecular formula is C16H21FN2O2. The molecule has 4 nitrogen and oxygen atoms in total. The molecule has 114 valence electrons. The predicted molar refractivity (Wildman–Crippen MR) is 78.9 cm³/mol. The summed E-state index contributed by atoms with van der Waals surface area (Å²) in [5, 5.41) is 0. The number of nitrogens with zero attached hydrogens (tertiary/aromatic N) is 2. The summed E-state index contributed by atoms with van der Waals surface area (Å²) in [7, 11) is 0. The van der Waals surface area contributed by atoms with Gasteiger partial charge in [0.25, 0.3) is 0 Å². The van der Waals surface area contributed by atoms with Gasteiger partial charge in [0.15, 0.2) is 5.58 Å². The van der Waals surface area contributed by atoms with Gasteiger partial charge >= 0.3 is 6.08 Å². The van der Waals surface area contributed by atoms with Crippen LogP contribution in [0.2, 0.25) is 0 Å². The topological polar surface area (TPSA) is 38.5 Å². The van der Waals surface area contributed by atoms with Gasteiger partial charge < -0.3 is 9.15 Å². The minimum atomic E-state index is -0.320. The molecule has 1 aromatic carbocycles. The largest absolute Gasteiger partial charge is 0.445 e. The number of benzene rings is 1. The highest BCUT2D eigenvalue weighted by Crippen LogP contribution is 2.26. The molecule has 1 aliphatic heterocycles. The van der Waals surface area contributed by atoms with E-state index < -0.39 is 0 Å². The number of rotatable bonds is 2. The Bertz CT molecular complexity index is 633. The molecule has 2 heterocycles. The summed E-state index contributed by atoms with van der Waals surface area (Å²) in [4.78, 5) is 6.61. The van der Waals surface area contributed by atoms with E-state index in [1.165, 1.54) is 12.1 Å². The van der Waals surface area contributed by atoms with Crippen molar-refractivity contribution < 1.29 is 13.5 Å². The normalized spacial score (nSPS) is 20.9. The monoisotopic (exact) mass is 292 g/mol. The van der Waals surface area contributed by atoms with Crippen LogP contribution in [0.5, 0.6) is 6.08 Å². The summed E-state index contributed by atoms with van der Waals surface area (Å²) in [6.45, 7) is 8.56. The van der Waals surface area contributed by atoms with Gasteiger partial charge in [-0.05, 0) is 52.3 Å². The van der Waals surface area contributed by atoms with E-state index >= 15 is 0 Å². The second kappa shape index (κ2) is 5.30. The van der Waals surface area contributed by atoms with Crippen LogP contribution in [0.4, 0.5) is 4.39 Å². The first kappa shape index (κ1) is 14.3. The number of halogens is 1. The number of fused-ring (bicyclic) bond motifs is 1. The quantitative estimate of drug-likeness (QED) is 0.847. The molecule has 0 bridgehead atoms. The molecule has 0 radical (unpaired) electrons. The van der Waals surface area contributed by atoms with Gasteiger partial charge in [0.2, 0.25) is 0 Å². The third kappa shape index (κ3) is 3.18. The van der Waals surface area contributed by atoms with E-state index in [-0.39, 0.29) is 23.5 Å². The van der Waals surface area contributed by atoms with Crippen LogP contribution in [0.25, 0.3) is 11.1 Å². The maximum Gasteiger partial charge on any atom is 0.394 e. The standard InChI is InChI=1S/C16H21FN2O2/c1-16(2,3)19-8-4-5-12(10-19)20-15-18-13-9-11(17)6-7-14(13)21-15/h6-7,9,12H,4-5,8,10H2,1-3H3. The van der Waals surface area contributed by atoms with Crippen molar-refractivity contribution in [2.75, 3.05) is 13.1 Å².